The van der Waals surface area contributed by atoms with Crippen molar-refractivity contribution in [3.05, 3.63) is 70.9 Å². The zero-order valence-electron chi connectivity index (χ0n) is 16.4. The van der Waals surface area contributed by atoms with Gasteiger partial charge in [-0.05, 0) is 37.0 Å². The molecule has 29 heavy (non-hydrogen) atoms. The molecule has 0 bridgehead atoms. The summed E-state index contributed by atoms with van der Waals surface area (Å²) in [5.74, 6) is 0.210. The molecule has 2 aromatic carbocycles. The summed E-state index contributed by atoms with van der Waals surface area (Å²) in [5, 5.41) is 1.16. The Morgan fingerprint density at radius 2 is 1.76 bits per heavy atom. The highest BCUT2D eigenvalue weighted by atomic mass is 16.2. The number of aromatic amines is 1. The van der Waals surface area contributed by atoms with Crippen molar-refractivity contribution in [1.82, 2.24) is 14.8 Å². The number of rotatable bonds is 1. The van der Waals surface area contributed by atoms with Crippen LogP contribution >= 0.6 is 0 Å². The Labute approximate surface area is 169 Å². The van der Waals surface area contributed by atoms with E-state index in [1.807, 2.05) is 21.9 Å². The fourth-order valence-corrected chi connectivity index (χ4v) is 5.50. The van der Waals surface area contributed by atoms with Crippen LogP contribution in [-0.4, -0.2) is 45.2 Å². The normalized spacial score (nSPS) is 25.9. The summed E-state index contributed by atoms with van der Waals surface area (Å²) < 4.78 is 0. The molecule has 3 aliphatic heterocycles. The second-order valence-corrected chi connectivity index (χ2v) is 8.53. The summed E-state index contributed by atoms with van der Waals surface area (Å²) in [7, 11) is 0. The van der Waals surface area contributed by atoms with E-state index in [1.54, 1.807) is 0 Å². The minimum atomic E-state index is -0.421. The van der Waals surface area contributed by atoms with Gasteiger partial charge >= 0.3 is 0 Å². The predicted molar refractivity (Wildman–Crippen MR) is 110 cm³/mol. The van der Waals surface area contributed by atoms with Crippen LogP contribution in [0.25, 0.3) is 10.9 Å². The van der Waals surface area contributed by atoms with Gasteiger partial charge < -0.3 is 14.8 Å². The molecule has 0 saturated carbocycles. The van der Waals surface area contributed by atoms with Gasteiger partial charge in [-0.25, -0.2) is 0 Å². The molecule has 3 atom stereocenters. The fraction of sp³-hybridized carbons (Fsp3) is 0.333. The molecule has 5 heteroatoms. The van der Waals surface area contributed by atoms with Crippen LogP contribution < -0.4 is 0 Å². The highest BCUT2D eigenvalue weighted by Crippen LogP contribution is 2.44. The highest BCUT2D eigenvalue weighted by Gasteiger charge is 2.53. The first-order chi connectivity index (χ1) is 14.1. The van der Waals surface area contributed by atoms with Gasteiger partial charge in [0.05, 0.1) is 6.04 Å². The molecule has 1 aromatic heterocycles. The van der Waals surface area contributed by atoms with Gasteiger partial charge in [0, 0.05) is 29.6 Å². The molecular weight excluding hydrogens is 362 g/mol. The number of para-hydroxylation sites is 1. The molecule has 4 heterocycles. The quantitative estimate of drug-likeness (QED) is 0.699. The third kappa shape index (κ3) is 2.27. The number of H-pyrrole nitrogens is 1. The Morgan fingerprint density at radius 1 is 0.966 bits per heavy atom. The summed E-state index contributed by atoms with van der Waals surface area (Å²) in [6, 6.07) is 15.6. The van der Waals surface area contributed by atoms with Gasteiger partial charge in [0.1, 0.15) is 12.1 Å². The lowest BCUT2D eigenvalue weighted by Crippen LogP contribution is -2.65. The zero-order chi connectivity index (χ0) is 19.7. The van der Waals surface area contributed by atoms with E-state index in [0.29, 0.717) is 13.0 Å². The van der Waals surface area contributed by atoms with Crippen LogP contribution in [0, 0.1) is 6.92 Å². The first kappa shape index (κ1) is 16.8. The SMILES string of the molecule is Cc1ccc(C2c3[nH]c4ccccc4c3C[C@H]3C(=O)N4CCC[C@H]4C(=O)N23)cc1. The van der Waals surface area contributed by atoms with Crippen molar-refractivity contribution < 1.29 is 9.59 Å². The molecule has 5 nitrogen and oxygen atoms in total. The molecule has 0 spiro atoms. The van der Waals surface area contributed by atoms with E-state index >= 15 is 0 Å². The minimum Gasteiger partial charge on any atom is -0.356 e. The van der Waals surface area contributed by atoms with Crippen LogP contribution in [0.5, 0.6) is 0 Å². The summed E-state index contributed by atoms with van der Waals surface area (Å²) in [5.41, 5.74) is 5.53. The van der Waals surface area contributed by atoms with Crippen molar-refractivity contribution in [1.29, 1.82) is 0 Å². The molecule has 6 rings (SSSR count). The molecule has 3 aromatic rings. The van der Waals surface area contributed by atoms with Crippen molar-refractivity contribution in [2.24, 2.45) is 0 Å². The first-order valence-electron chi connectivity index (χ1n) is 10.4. The van der Waals surface area contributed by atoms with Crippen LogP contribution in [0.4, 0.5) is 0 Å². The van der Waals surface area contributed by atoms with Gasteiger partial charge in [-0.2, -0.15) is 0 Å². The number of benzene rings is 2. The summed E-state index contributed by atoms with van der Waals surface area (Å²) >= 11 is 0. The van der Waals surface area contributed by atoms with E-state index < -0.39 is 6.04 Å². The Bertz CT molecular complexity index is 1150. The number of aryl methyl sites for hydroxylation is 1. The number of aromatic nitrogens is 1. The molecular formula is C24H23N3O2. The maximum atomic E-state index is 13.6. The lowest BCUT2D eigenvalue weighted by molar-refractivity contribution is -0.162. The Morgan fingerprint density at radius 3 is 2.59 bits per heavy atom. The topological polar surface area (TPSA) is 56.4 Å². The maximum Gasteiger partial charge on any atom is 0.246 e. The number of fused-ring (bicyclic) bond motifs is 5. The second-order valence-electron chi connectivity index (χ2n) is 8.53. The van der Waals surface area contributed by atoms with Gasteiger partial charge in [0.25, 0.3) is 0 Å². The van der Waals surface area contributed by atoms with Crippen molar-refractivity contribution in [3.8, 4) is 0 Å². The fourth-order valence-electron chi connectivity index (χ4n) is 5.50. The van der Waals surface area contributed by atoms with E-state index in [-0.39, 0.29) is 23.9 Å². The summed E-state index contributed by atoms with van der Waals surface area (Å²) in [6.45, 7) is 2.77. The molecule has 0 radical (unpaired) electrons. The largest absolute Gasteiger partial charge is 0.356 e. The third-order valence-electron chi connectivity index (χ3n) is 6.89. The lowest BCUT2D eigenvalue weighted by Gasteiger charge is -2.48. The van der Waals surface area contributed by atoms with Crippen LogP contribution in [0.2, 0.25) is 0 Å². The number of carbonyl (C=O) groups is 2. The first-order valence-corrected chi connectivity index (χ1v) is 10.4. The standard InChI is InChI=1S/C24H23N3O2/c1-14-8-10-15(11-9-14)22-21-17(16-5-2-3-6-18(16)25-21)13-20-23(28)26-12-4-7-19(26)24(29)27(20)22/h2-3,5-6,8-11,19-20,22,25H,4,7,12-13H2,1H3/t19-,20-,22?/m0/s1. The average Bonchev–Trinajstić information content (AvgIpc) is 3.37. The third-order valence-corrected chi connectivity index (χ3v) is 6.89. The highest BCUT2D eigenvalue weighted by molar-refractivity contribution is 5.99. The molecule has 2 fully saturated rings. The molecule has 3 aliphatic rings. The monoisotopic (exact) mass is 385 g/mol. The van der Waals surface area contributed by atoms with Crippen molar-refractivity contribution in [3.63, 3.8) is 0 Å². The molecule has 146 valence electrons. The predicted octanol–water partition coefficient (Wildman–Crippen LogP) is 3.32. The van der Waals surface area contributed by atoms with Crippen LogP contribution in [0.15, 0.2) is 48.5 Å². The van der Waals surface area contributed by atoms with Gasteiger partial charge in [0.15, 0.2) is 0 Å². The number of hydrogen-bond donors (Lipinski definition) is 1. The van der Waals surface area contributed by atoms with E-state index in [4.69, 9.17) is 0 Å². The lowest BCUT2D eigenvalue weighted by atomic mass is 9.85. The van der Waals surface area contributed by atoms with Crippen molar-refractivity contribution in [2.45, 2.75) is 44.3 Å². The average molecular weight is 385 g/mol. The maximum absolute atomic E-state index is 13.6. The zero-order valence-corrected chi connectivity index (χ0v) is 16.4. The molecule has 0 aliphatic carbocycles. The number of amides is 2. The molecule has 1 N–H and O–H groups in total. The summed E-state index contributed by atoms with van der Waals surface area (Å²) in [4.78, 5) is 34.3. The van der Waals surface area contributed by atoms with E-state index in [0.717, 1.165) is 35.0 Å². The Kier molecular flexibility index (Phi) is 3.46. The van der Waals surface area contributed by atoms with Crippen LogP contribution in [-0.2, 0) is 16.0 Å². The molecule has 2 amide bonds. The Hall–Kier alpha value is -3.08. The number of carbonyl (C=O) groups excluding carboxylic acids is 2. The van der Waals surface area contributed by atoms with Gasteiger partial charge in [0.2, 0.25) is 11.8 Å². The summed E-state index contributed by atoms with van der Waals surface area (Å²) in [6.07, 6.45) is 2.26. The van der Waals surface area contributed by atoms with Crippen molar-refractivity contribution in [2.75, 3.05) is 6.54 Å². The van der Waals surface area contributed by atoms with Gasteiger partial charge in [-0.1, -0.05) is 48.0 Å². The molecule has 2 saturated heterocycles. The van der Waals surface area contributed by atoms with Crippen molar-refractivity contribution >= 4 is 22.7 Å². The van der Waals surface area contributed by atoms with Gasteiger partial charge in [-0.15, -0.1) is 0 Å². The number of nitrogens with zero attached hydrogens (tertiary/aromatic N) is 2. The Balaban J connectivity index is 1.59. The van der Waals surface area contributed by atoms with Crippen LogP contribution in [0.3, 0.4) is 0 Å². The van der Waals surface area contributed by atoms with Gasteiger partial charge in [-0.3, -0.25) is 9.59 Å². The minimum absolute atomic E-state index is 0.0991. The van der Waals surface area contributed by atoms with Crippen LogP contribution in [0.1, 0.15) is 41.3 Å². The number of nitrogens with one attached hydrogen (secondary N) is 1. The van der Waals surface area contributed by atoms with E-state index in [1.165, 1.54) is 11.1 Å². The second kappa shape index (κ2) is 5.96. The molecule has 1 unspecified atom stereocenters. The smallest absolute Gasteiger partial charge is 0.246 e. The number of piperazine rings is 1. The number of hydrogen-bond acceptors (Lipinski definition) is 2. The van der Waals surface area contributed by atoms with E-state index in [2.05, 4.69) is 48.3 Å². The van der Waals surface area contributed by atoms with E-state index in [9.17, 15) is 9.59 Å².